The Kier molecular flexibility index (Phi) is 5.44. The van der Waals surface area contributed by atoms with Gasteiger partial charge in [0.25, 0.3) is 0 Å². The van der Waals surface area contributed by atoms with Crippen LogP contribution in [-0.4, -0.2) is 16.1 Å². The molecule has 0 N–H and O–H groups in total. The molecule has 0 fully saturated rings. The van der Waals surface area contributed by atoms with Crippen LogP contribution in [0.4, 0.5) is 0 Å². The molecular formula is C20H19O2PS. The summed E-state index contributed by atoms with van der Waals surface area (Å²) in [6.07, 6.45) is 0.391. The van der Waals surface area contributed by atoms with E-state index < -0.39 is 17.9 Å². The molecule has 24 heavy (non-hydrogen) atoms. The first-order chi connectivity index (χ1) is 11.7. The summed E-state index contributed by atoms with van der Waals surface area (Å²) in [5.74, 6) is 0.380. The van der Waals surface area contributed by atoms with Crippen molar-refractivity contribution >= 4 is 28.6 Å². The van der Waals surface area contributed by atoms with Crippen LogP contribution in [0.1, 0.15) is 0 Å². The SMILES string of the molecule is O=S(CCP(=O)(c1ccccc1)c1ccccc1)c1ccccc1. The Morgan fingerprint density at radius 1 is 0.667 bits per heavy atom. The van der Waals surface area contributed by atoms with E-state index in [0.29, 0.717) is 11.9 Å². The Labute approximate surface area is 145 Å². The first-order valence-corrected chi connectivity index (χ1v) is 11.0. The van der Waals surface area contributed by atoms with Crippen LogP contribution in [0.3, 0.4) is 0 Å². The van der Waals surface area contributed by atoms with Crippen molar-refractivity contribution in [2.75, 3.05) is 11.9 Å². The molecule has 0 saturated carbocycles. The Hall–Kier alpha value is -1.96. The van der Waals surface area contributed by atoms with Crippen LogP contribution in [0.5, 0.6) is 0 Å². The van der Waals surface area contributed by atoms with E-state index in [1.54, 1.807) is 0 Å². The highest BCUT2D eigenvalue weighted by Crippen LogP contribution is 2.43. The number of benzene rings is 3. The fourth-order valence-corrected chi connectivity index (χ4v) is 7.16. The molecule has 122 valence electrons. The van der Waals surface area contributed by atoms with Crippen molar-refractivity contribution < 1.29 is 8.77 Å². The zero-order chi connectivity index (χ0) is 16.8. The Bertz CT molecular complexity index is 805. The second-order valence-electron chi connectivity index (χ2n) is 5.50. The van der Waals surface area contributed by atoms with Gasteiger partial charge in [-0.1, -0.05) is 78.9 Å². The Balaban J connectivity index is 1.89. The summed E-state index contributed by atoms with van der Waals surface area (Å²) in [4.78, 5) is 0.783. The summed E-state index contributed by atoms with van der Waals surface area (Å²) in [7, 11) is -3.94. The zero-order valence-corrected chi connectivity index (χ0v) is 15.0. The summed E-state index contributed by atoms with van der Waals surface area (Å²) >= 11 is 0. The monoisotopic (exact) mass is 354 g/mol. The molecule has 0 heterocycles. The van der Waals surface area contributed by atoms with Crippen molar-refractivity contribution in [3.63, 3.8) is 0 Å². The fraction of sp³-hybridized carbons (Fsp3) is 0.100. The normalized spacial score (nSPS) is 12.7. The summed E-state index contributed by atoms with van der Waals surface area (Å²) in [5, 5.41) is 1.64. The lowest BCUT2D eigenvalue weighted by Gasteiger charge is -2.19. The van der Waals surface area contributed by atoms with Gasteiger partial charge in [0.1, 0.15) is 7.14 Å². The number of hydrogen-bond donors (Lipinski definition) is 0. The van der Waals surface area contributed by atoms with Crippen molar-refractivity contribution in [1.82, 2.24) is 0 Å². The van der Waals surface area contributed by atoms with Crippen molar-refractivity contribution in [2.45, 2.75) is 4.90 Å². The lowest BCUT2D eigenvalue weighted by molar-refractivity contribution is 0.587. The van der Waals surface area contributed by atoms with Crippen LogP contribution in [0.15, 0.2) is 95.9 Å². The molecule has 1 unspecified atom stereocenters. The minimum atomic E-state index is -2.79. The van der Waals surface area contributed by atoms with Gasteiger partial charge in [-0.15, -0.1) is 0 Å². The van der Waals surface area contributed by atoms with Gasteiger partial charge in [0.15, 0.2) is 0 Å². The molecule has 0 aliphatic rings. The number of hydrogen-bond acceptors (Lipinski definition) is 2. The molecule has 3 rings (SSSR count). The van der Waals surface area contributed by atoms with E-state index in [0.717, 1.165) is 15.5 Å². The van der Waals surface area contributed by atoms with E-state index in [1.165, 1.54) is 0 Å². The summed E-state index contributed by atoms with van der Waals surface area (Å²) < 4.78 is 26.4. The highest BCUT2D eigenvalue weighted by atomic mass is 32.2. The highest BCUT2D eigenvalue weighted by molar-refractivity contribution is 7.86. The van der Waals surface area contributed by atoms with Crippen LogP contribution in [0.2, 0.25) is 0 Å². The highest BCUT2D eigenvalue weighted by Gasteiger charge is 2.27. The third-order valence-corrected chi connectivity index (χ3v) is 8.74. The maximum Gasteiger partial charge on any atom is 0.144 e. The number of rotatable bonds is 6. The lowest BCUT2D eigenvalue weighted by Crippen LogP contribution is -2.21. The molecule has 0 aromatic heterocycles. The molecule has 2 nitrogen and oxygen atoms in total. The predicted molar refractivity (Wildman–Crippen MR) is 102 cm³/mol. The summed E-state index contributed by atoms with van der Waals surface area (Å²) in [5.41, 5.74) is 0. The van der Waals surface area contributed by atoms with E-state index in [1.807, 2.05) is 91.0 Å². The van der Waals surface area contributed by atoms with Gasteiger partial charge < -0.3 is 4.57 Å². The van der Waals surface area contributed by atoms with Crippen molar-refractivity contribution in [1.29, 1.82) is 0 Å². The van der Waals surface area contributed by atoms with Gasteiger partial charge >= 0.3 is 0 Å². The standard InChI is InChI=1S/C20H19O2PS/c21-23(18-10-4-1-5-11-18,19-12-6-2-7-13-19)16-17-24(22)20-14-8-3-9-15-20/h1-15H,16-17H2. The third kappa shape index (κ3) is 3.75. The van der Waals surface area contributed by atoms with E-state index >= 15 is 0 Å². The second kappa shape index (κ2) is 7.74. The van der Waals surface area contributed by atoms with E-state index in [-0.39, 0.29) is 0 Å². The van der Waals surface area contributed by atoms with Gasteiger partial charge in [0, 0.05) is 27.4 Å². The third-order valence-electron chi connectivity index (χ3n) is 3.94. The van der Waals surface area contributed by atoms with Crippen LogP contribution in [0, 0.1) is 0 Å². The Morgan fingerprint density at radius 2 is 1.08 bits per heavy atom. The molecule has 0 amide bonds. The Morgan fingerprint density at radius 3 is 1.54 bits per heavy atom. The topological polar surface area (TPSA) is 34.1 Å². The average molecular weight is 354 g/mol. The van der Waals surface area contributed by atoms with Gasteiger partial charge in [0.2, 0.25) is 0 Å². The van der Waals surface area contributed by atoms with Crippen molar-refractivity contribution in [3.05, 3.63) is 91.0 Å². The van der Waals surface area contributed by atoms with Crippen LogP contribution < -0.4 is 10.6 Å². The molecule has 0 saturated heterocycles. The lowest BCUT2D eigenvalue weighted by atomic mass is 10.4. The maximum atomic E-state index is 13.8. The van der Waals surface area contributed by atoms with Gasteiger partial charge in [-0.3, -0.25) is 4.21 Å². The minimum absolute atomic E-state index is 0.380. The van der Waals surface area contributed by atoms with Gasteiger partial charge in [-0.2, -0.15) is 0 Å². The van der Waals surface area contributed by atoms with Crippen molar-refractivity contribution in [2.24, 2.45) is 0 Å². The van der Waals surface area contributed by atoms with Gasteiger partial charge in [-0.05, 0) is 12.1 Å². The minimum Gasteiger partial charge on any atom is -0.314 e. The van der Waals surface area contributed by atoms with Gasteiger partial charge in [-0.25, -0.2) is 0 Å². The van der Waals surface area contributed by atoms with Crippen molar-refractivity contribution in [3.8, 4) is 0 Å². The first-order valence-electron chi connectivity index (χ1n) is 7.84. The van der Waals surface area contributed by atoms with Crippen LogP contribution >= 0.6 is 7.14 Å². The molecular weight excluding hydrogens is 335 g/mol. The van der Waals surface area contributed by atoms with E-state index in [2.05, 4.69) is 0 Å². The van der Waals surface area contributed by atoms with Crippen LogP contribution in [-0.2, 0) is 15.4 Å². The van der Waals surface area contributed by atoms with Gasteiger partial charge in [0.05, 0.1) is 10.8 Å². The molecule has 1 atom stereocenters. The van der Waals surface area contributed by atoms with E-state index in [4.69, 9.17) is 0 Å². The molecule has 0 aliphatic heterocycles. The van der Waals surface area contributed by atoms with E-state index in [9.17, 15) is 8.77 Å². The molecule has 0 aliphatic carbocycles. The summed E-state index contributed by atoms with van der Waals surface area (Å²) in [6.45, 7) is 0. The summed E-state index contributed by atoms with van der Waals surface area (Å²) in [6, 6.07) is 28.4. The molecule has 0 spiro atoms. The first kappa shape index (κ1) is 16.9. The predicted octanol–water partition coefficient (Wildman–Crippen LogP) is 3.81. The quantitative estimate of drug-likeness (QED) is 0.631. The molecule has 3 aromatic carbocycles. The average Bonchev–Trinajstić information content (AvgIpc) is 2.68. The molecule has 0 radical (unpaired) electrons. The fourth-order valence-electron chi connectivity index (χ4n) is 2.65. The van der Waals surface area contributed by atoms with Crippen LogP contribution in [0.25, 0.3) is 0 Å². The molecule has 4 heteroatoms. The molecule has 0 bridgehead atoms. The second-order valence-corrected chi connectivity index (χ2v) is 10.0. The largest absolute Gasteiger partial charge is 0.314 e. The smallest absolute Gasteiger partial charge is 0.144 e. The maximum absolute atomic E-state index is 13.8. The molecule has 3 aromatic rings. The zero-order valence-electron chi connectivity index (χ0n) is 13.2.